The van der Waals surface area contributed by atoms with Gasteiger partial charge in [0.2, 0.25) is 5.91 Å². The summed E-state index contributed by atoms with van der Waals surface area (Å²) in [5.74, 6) is 0.718. The van der Waals surface area contributed by atoms with Crippen molar-refractivity contribution in [2.75, 3.05) is 25.4 Å². The van der Waals surface area contributed by atoms with Crippen LogP contribution >= 0.6 is 11.8 Å². The lowest BCUT2D eigenvalue weighted by molar-refractivity contribution is -0.118. The average molecular weight is 283 g/mol. The van der Waals surface area contributed by atoms with E-state index < -0.39 is 0 Å². The minimum Gasteiger partial charge on any atom is -0.355 e. The maximum absolute atomic E-state index is 11.7. The number of nitrogens with zero attached hydrogens (tertiary/aromatic N) is 3. The molecule has 1 saturated heterocycles. The number of aromatic nitrogens is 3. The van der Waals surface area contributed by atoms with Crippen molar-refractivity contribution in [2.45, 2.75) is 31.1 Å². The van der Waals surface area contributed by atoms with Crippen LogP contribution in [0.4, 0.5) is 0 Å². The zero-order chi connectivity index (χ0) is 13.3. The van der Waals surface area contributed by atoms with E-state index >= 15 is 0 Å². The largest absolute Gasteiger partial charge is 0.355 e. The van der Waals surface area contributed by atoms with E-state index in [2.05, 4.69) is 20.9 Å². The number of hydrogen-bond donors (Lipinski definition) is 2. The lowest BCUT2D eigenvalue weighted by atomic mass is 10.2. The number of carbonyl (C=O) groups is 1. The first-order valence-electron chi connectivity index (χ1n) is 6.78. The van der Waals surface area contributed by atoms with Gasteiger partial charge in [0.05, 0.1) is 11.9 Å². The van der Waals surface area contributed by atoms with Crippen LogP contribution in [0.15, 0.2) is 12.4 Å². The van der Waals surface area contributed by atoms with E-state index in [1.807, 2.05) is 6.20 Å². The first-order valence-corrected chi connectivity index (χ1v) is 7.82. The molecular formula is C12H21N5OS. The standard InChI is InChI=1S/C12H21N5OS/c18-12(10-19-11-2-5-13-6-3-11)14-4-1-8-17-9-7-15-16-17/h7,9,11,13H,1-6,8,10H2,(H,14,18). The molecule has 0 unspecified atom stereocenters. The molecule has 7 heteroatoms. The fourth-order valence-electron chi connectivity index (χ4n) is 2.03. The zero-order valence-electron chi connectivity index (χ0n) is 11.0. The minimum atomic E-state index is 0.141. The van der Waals surface area contributed by atoms with Crippen molar-refractivity contribution in [3.05, 3.63) is 12.4 Å². The Hall–Kier alpha value is -1.08. The zero-order valence-corrected chi connectivity index (χ0v) is 11.9. The molecule has 0 aliphatic carbocycles. The number of hydrogen-bond acceptors (Lipinski definition) is 5. The monoisotopic (exact) mass is 283 g/mol. The third-order valence-electron chi connectivity index (χ3n) is 3.09. The SMILES string of the molecule is O=C(CSC1CCNCC1)NCCCn1ccnn1. The van der Waals surface area contributed by atoms with E-state index in [1.54, 1.807) is 22.6 Å². The molecule has 106 valence electrons. The van der Waals surface area contributed by atoms with Crippen molar-refractivity contribution in [1.29, 1.82) is 0 Å². The Labute approximate surface area is 117 Å². The summed E-state index contributed by atoms with van der Waals surface area (Å²) < 4.78 is 1.77. The molecule has 0 radical (unpaired) electrons. The quantitative estimate of drug-likeness (QED) is 0.703. The molecule has 0 bridgehead atoms. The van der Waals surface area contributed by atoms with Gasteiger partial charge < -0.3 is 10.6 Å². The third-order valence-corrected chi connectivity index (χ3v) is 4.47. The number of aryl methyl sites for hydroxylation is 1. The van der Waals surface area contributed by atoms with Crippen molar-refractivity contribution in [3.8, 4) is 0 Å². The first-order chi connectivity index (χ1) is 9.34. The fraction of sp³-hybridized carbons (Fsp3) is 0.750. The molecule has 1 amide bonds. The molecule has 1 fully saturated rings. The summed E-state index contributed by atoms with van der Waals surface area (Å²) in [7, 11) is 0. The Balaban J connectivity index is 1.49. The van der Waals surface area contributed by atoms with Crippen molar-refractivity contribution < 1.29 is 4.79 Å². The molecule has 1 aliphatic rings. The van der Waals surface area contributed by atoms with Gasteiger partial charge in [-0.1, -0.05) is 5.21 Å². The minimum absolute atomic E-state index is 0.141. The van der Waals surface area contributed by atoms with Gasteiger partial charge in [-0.25, -0.2) is 0 Å². The second-order valence-electron chi connectivity index (χ2n) is 4.63. The first kappa shape index (κ1) is 14.3. The Morgan fingerprint density at radius 3 is 3.05 bits per heavy atom. The van der Waals surface area contributed by atoms with Gasteiger partial charge in [0.1, 0.15) is 0 Å². The van der Waals surface area contributed by atoms with Crippen LogP contribution in [-0.2, 0) is 11.3 Å². The summed E-state index contributed by atoms with van der Waals surface area (Å²) in [6.45, 7) is 3.65. The van der Waals surface area contributed by atoms with Crippen LogP contribution in [0, 0.1) is 0 Å². The number of piperidine rings is 1. The second-order valence-corrected chi connectivity index (χ2v) is 5.92. The van der Waals surface area contributed by atoms with Crippen molar-refractivity contribution in [3.63, 3.8) is 0 Å². The van der Waals surface area contributed by atoms with Crippen molar-refractivity contribution in [1.82, 2.24) is 25.6 Å². The number of nitrogens with one attached hydrogen (secondary N) is 2. The molecule has 1 aliphatic heterocycles. The van der Waals surface area contributed by atoms with Gasteiger partial charge in [0, 0.05) is 24.5 Å². The average Bonchev–Trinajstić information content (AvgIpc) is 2.96. The summed E-state index contributed by atoms with van der Waals surface area (Å²) in [5, 5.41) is 14.5. The molecule has 0 spiro atoms. The van der Waals surface area contributed by atoms with Gasteiger partial charge in [-0.2, -0.15) is 0 Å². The molecule has 0 saturated carbocycles. The highest BCUT2D eigenvalue weighted by molar-refractivity contribution is 8.00. The van der Waals surface area contributed by atoms with Gasteiger partial charge >= 0.3 is 0 Å². The topological polar surface area (TPSA) is 71.8 Å². The molecule has 2 heterocycles. The highest BCUT2D eigenvalue weighted by Crippen LogP contribution is 2.19. The molecule has 2 N–H and O–H groups in total. The van der Waals surface area contributed by atoms with E-state index in [0.717, 1.165) is 26.1 Å². The van der Waals surface area contributed by atoms with E-state index in [4.69, 9.17) is 0 Å². The smallest absolute Gasteiger partial charge is 0.230 e. The molecule has 19 heavy (non-hydrogen) atoms. The molecule has 1 aromatic rings. The van der Waals surface area contributed by atoms with Gasteiger partial charge in [-0.05, 0) is 32.4 Å². The van der Waals surface area contributed by atoms with Gasteiger partial charge in [-0.15, -0.1) is 16.9 Å². The number of thioether (sulfide) groups is 1. The molecular weight excluding hydrogens is 262 g/mol. The highest BCUT2D eigenvalue weighted by atomic mass is 32.2. The molecule has 1 aromatic heterocycles. The normalized spacial score (nSPS) is 16.4. The van der Waals surface area contributed by atoms with Crippen molar-refractivity contribution in [2.24, 2.45) is 0 Å². The predicted molar refractivity (Wildman–Crippen MR) is 76.0 cm³/mol. The van der Waals surface area contributed by atoms with E-state index in [1.165, 1.54) is 12.8 Å². The Morgan fingerprint density at radius 2 is 2.32 bits per heavy atom. The second kappa shape index (κ2) is 8.16. The van der Waals surface area contributed by atoms with Gasteiger partial charge in [0.25, 0.3) is 0 Å². The lowest BCUT2D eigenvalue weighted by Gasteiger charge is -2.21. The Bertz CT molecular complexity index is 364. The maximum atomic E-state index is 11.7. The third kappa shape index (κ3) is 5.61. The molecule has 2 rings (SSSR count). The van der Waals surface area contributed by atoms with Crippen LogP contribution in [0.25, 0.3) is 0 Å². The van der Waals surface area contributed by atoms with Crippen LogP contribution in [-0.4, -0.2) is 51.5 Å². The van der Waals surface area contributed by atoms with Crippen LogP contribution in [0.3, 0.4) is 0 Å². The summed E-state index contributed by atoms with van der Waals surface area (Å²) in [4.78, 5) is 11.7. The fourth-order valence-corrected chi connectivity index (χ4v) is 3.09. The summed E-state index contributed by atoms with van der Waals surface area (Å²) >= 11 is 1.78. The van der Waals surface area contributed by atoms with Crippen LogP contribution in [0.1, 0.15) is 19.3 Å². The molecule has 0 atom stereocenters. The van der Waals surface area contributed by atoms with Crippen LogP contribution in [0.5, 0.6) is 0 Å². The summed E-state index contributed by atoms with van der Waals surface area (Å²) in [5.41, 5.74) is 0. The van der Waals surface area contributed by atoms with Crippen molar-refractivity contribution >= 4 is 17.7 Å². The van der Waals surface area contributed by atoms with Gasteiger partial charge in [0.15, 0.2) is 0 Å². The van der Waals surface area contributed by atoms with Crippen LogP contribution < -0.4 is 10.6 Å². The van der Waals surface area contributed by atoms with E-state index in [-0.39, 0.29) is 5.91 Å². The van der Waals surface area contributed by atoms with Crippen LogP contribution in [0.2, 0.25) is 0 Å². The highest BCUT2D eigenvalue weighted by Gasteiger charge is 2.14. The molecule has 0 aromatic carbocycles. The number of rotatable bonds is 7. The lowest BCUT2D eigenvalue weighted by Crippen LogP contribution is -2.31. The maximum Gasteiger partial charge on any atom is 0.230 e. The van der Waals surface area contributed by atoms with E-state index in [9.17, 15) is 4.79 Å². The summed E-state index contributed by atoms with van der Waals surface area (Å²) in [6.07, 6.45) is 6.71. The van der Waals surface area contributed by atoms with Gasteiger partial charge in [-0.3, -0.25) is 9.48 Å². The summed E-state index contributed by atoms with van der Waals surface area (Å²) in [6, 6.07) is 0. The Kier molecular flexibility index (Phi) is 6.16. The number of carbonyl (C=O) groups excluding carboxylic acids is 1. The van der Waals surface area contributed by atoms with E-state index in [0.29, 0.717) is 17.5 Å². The Morgan fingerprint density at radius 1 is 1.47 bits per heavy atom. The number of amides is 1. The molecule has 6 nitrogen and oxygen atoms in total. The predicted octanol–water partition coefficient (Wildman–Crippen LogP) is 0.270.